The molecular formula is C26H31N3O4. The summed E-state index contributed by atoms with van der Waals surface area (Å²) in [5, 5.41) is 4.14. The summed E-state index contributed by atoms with van der Waals surface area (Å²) in [4.78, 5) is 29.8. The van der Waals surface area contributed by atoms with E-state index in [2.05, 4.69) is 10.3 Å². The minimum Gasteiger partial charge on any atom is -0.489 e. The Labute approximate surface area is 194 Å². The van der Waals surface area contributed by atoms with Crippen molar-refractivity contribution in [1.29, 1.82) is 0 Å². The third-order valence-electron chi connectivity index (χ3n) is 6.06. The molecule has 0 spiro atoms. The summed E-state index contributed by atoms with van der Waals surface area (Å²) in [5.41, 5.74) is 4.07. The Morgan fingerprint density at radius 2 is 1.88 bits per heavy atom. The van der Waals surface area contributed by atoms with Gasteiger partial charge in [0.05, 0.1) is 13.0 Å². The summed E-state index contributed by atoms with van der Waals surface area (Å²) in [6, 6.07) is 16.1. The molecular weight excluding hydrogens is 418 g/mol. The van der Waals surface area contributed by atoms with Crippen LogP contribution in [-0.4, -0.2) is 47.6 Å². The Kier molecular flexibility index (Phi) is 7.17. The number of amides is 2. The molecule has 1 fully saturated rings. The first kappa shape index (κ1) is 22.7. The fourth-order valence-electron chi connectivity index (χ4n) is 4.28. The highest BCUT2D eigenvalue weighted by atomic mass is 16.6. The van der Waals surface area contributed by atoms with Crippen LogP contribution in [0.5, 0.6) is 5.75 Å². The zero-order valence-electron chi connectivity index (χ0n) is 19.2. The number of hydrogen-bond donors (Lipinski definition) is 2. The summed E-state index contributed by atoms with van der Waals surface area (Å²) >= 11 is 0. The fraction of sp³-hybridized carbons (Fsp3) is 0.385. The lowest BCUT2D eigenvalue weighted by atomic mass is 10.0. The number of aromatic nitrogens is 1. The number of rotatable bonds is 7. The zero-order valence-corrected chi connectivity index (χ0v) is 19.2. The zero-order chi connectivity index (χ0) is 23.2. The molecule has 1 saturated heterocycles. The van der Waals surface area contributed by atoms with Gasteiger partial charge < -0.3 is 24.7 Å². The van der Waals surface area contributed by atoms with Gasteiger partial charge in [-0.1, -0.05) is 30.3 Å². The van der Waals surface area contributed by atoms with Gasteiger partial charge in [0.25, 0.3) is 0 Å². The van der Waals surface area contributed by atoms with Gasteiger partial charge in [-0.25, -0.2) is 4.79 Å². The molecule has 4 rings (SSSR count). The van der Waals surface area contributed by atoms with Gasteiger partial charge in [-0.3, -0.25) is 4.79 Å². The Morgan fingerprint density at radius 3 is 2.61 bits per heavy atom. The number of fused-ring (bicyclic) bond motifs is 1. The van der Waals surface area contributed by atoms with Crippen molar-refractivity contribution in [3.8, 4) is 5.75 Å². The predicted octanol–water partition coefficient (Wildman–Crippen LogP) is 4.33. The predicted molar refractivity (Wildman–Crippen MR) is 127 cm³/mol. The number of likely N-dealkylation sites (tertiary alicyclic amines) is 1. The fourth-order valence-corrected chi connectivity index (χ4v) is 4.28. The van der Waals surface area contributed by atoms with Gasteiger partial charge in [-0.2, -0.15) is 0 Å². The average molecular weight is 450 g/mol. The second kappa shape index (κ2) is 10.4. The lowest BCUT2D eigenvalue weighted by Gasteiger charge is -2.31. The Bertz CT molecular complexity index is 1100. The number of carbonyl (C=O) groups is 2. The molecule has 0 atom stereocenters. The van der Waals surface area contributed by atoms with E-state index in [0.29, 0.717) is 32.7 Å². The minimum atomic E-state index is -0.276. The van der Waals surface area contributed by atoms with Crippen LogP contribution in [0.4, 0.5) is 4.79 Å². The molecule has 2 amide bonds. The molecule has 0 bridgehead atoms. The van der Waals surface area contributed by atoms with E-state index < -0.39 is 0 Å². The van der Waals surface area contributed by atoms with Crippen molar-refractivity contribution >= 4 is 22.9 Å². The Balaban J connectivity index is 1.37. The standard InChI is InChI=1S/C26H31N3O4/c1-3-32-26(31)29-13-11-20(12-14-29)28-25(30)16-22-18(2)27-24-10-9-21(15-23(22)24)33-17-19-7-5-4-6-8-19/h4-10,15,20,27H,3,11-14,16-17H2,1-2H3,(H,28,30). The first-order valence-electron chi connectivity index (χ1n) is 11.5. The van der Waals surface area contributed by atoms with Crippen LogP contribution >= 0.6 is 0 Å². The number of hydrogen-bond acceptors (Lipinski definition) is 4. The van der Waals surface area contributed by atoms with E-state index >= 15 is 0 Å². The molecule has 7 heteroatoms. The van der Waals surface area contributed by atoms with Crippen molar-refractivity contribution in [2.45, 2.75) is 45.8 Å². The maximum absolute atomic E-state index is 12.8. The number of H-pyrrole nitrogens is 1. The van der Waals surface area contributed by atoms with Crippen LogP contribution in [0.3, 0.4) is 0 Å². The normalized spacial score (nSPS) is 14.3. The lowest BCUT2D eigenvalue weighted by molar-refractivity contribution is -0.121. The number of aromatic amines is 1. The highest BCUT2D eigenvalue weighted by Gasteiger charge is 2.25. The van der Waals surface area contributed by atoms with E-state index in [4.69, 9.17) is 9.47 Å². The van der Waals surface area contributed by atoms with Gasteiger partial charge in [-0.15, -0.1) is 0 Å². The number of carbonyl (C=O) groups excluding carboxylic acids is 2. The van der Waals surface area contributed by atoms with Gasteiger partial charge in [0.1, 0.15) is 12.4 Å². The SMILES string of the molecule is CCOC(=O)N1CCC(NC(=O)Cc2c(C)[nH]c3ccc(OCc4ccccc4)cc23)CC1. The number of nitrogens with one attached hydrogen (secondary N) is 2. The topological polar surface area (TPSA) is 83.7 Å². The second-order valence-electron chi connectivity index (χ2n) is 8.41. The van der Waals surface area contributed by atoms with Crippen molar-refractivity contribution in [3.05, 3.63) is 65.4 Å². The number of ether oxygens (including phenoxy) is 2. The molecule has 33 heavy (non-hydrogen) atoms. The van der Waals surface area contributed by atoms with E-state index in [1.807, 2.05) is 55.5 Å². The average Bonchev–Trinajstić information content (AvgIpc) is 3.13. The van der Waals surface area contributed by atoms with Gasteiger partial charge in [0, 0.05) is 35.7 Å². The van der Waals surface area contributed by atoms with Crippen molar-refractivity contribution in [2.75, 3.05) is 19.7 Å². The number of benzene rings is 2. The first-order chi connectivity index (χ1) is 16.0. The molecule has 2 aromatic carbocycles. The smallest absolute Gasteiger partial charge is 0.409 e. The van der Waals surface area contributed by atoms with Crippen molar-refractivity contribution in [2.24, 2.45) is 0 Å². The number of aryl methyl sites for hydroxylation is 1. The molecule has 0 aliphatic carbocycles. The molecule has 3 aromatic rings. The maximum atomic E-state index is 12.8. The van der Waals surface area contributed by atoms with E-state index in [0.717, 1.165) is 46.3 Å². The molecule has 0 saturated carbocycles. The summed E-state index contributed by atoms with van der Waals surface area (Å²) in [6.45, 7) is 5.85. The number of nitrogens with zero attached hydrogens (tertiary/aromatic N) is 1. The van der Waals surface area contributed by atoms with E-state index in [9.17, 15) is 9.59 Å². The van der Waals surface area contributed by atoms with Gasteiger partial charge in [0.2, 0.25) is 5.91 Å². The van der Waals surface area contributed by atoms with Gasteiger partial charge >= 0.3 is 6.09 Å². The van der Waals surface area contributed by atoms with Crippen LogP contribution in [0.15, 0.2) is 48.5 Å². The van der Waals surface area contributed by atoms with E-state index in [1.165, 1.54) is 0 Å². The highest BCUT2D eigenvalue weighted by molar-refractivity contribution is 5.91. The van der Waals surface area contributed by atoms with Crippen molar-refractivity contribution in [3.63, 3.8) is 0 Å². The van der Waals surface area contributed by atoms with Crippen LogP contribution in [-0.2, 0) is 22.6 Å². The highest BCUT2D eigenvalue weighted by Crippen LogP contribution is 2.27. The van der Waals surface area contributed by atoms with E-state index in [-0.39, 0.29) is 18.0 Å². The Hall–Kier alpha value is -3.48. The van der Waals surface area contributed by atoms with E-state index in [1.54, 1.807) is 11.8 Å². The molecule has 2 N–H and O–H groups in total. The van der Waals surface area contributed by atoms with Crippen LogP contribution < -0.4 is 10.1 Å². The Morgan fingerprint density at radius 1 is 1.12 bits per heavy atom. The third kappa shape index (κ3) is 5.66. The molecule has 1 aliphatic heterocycles. The summed E-state index contributed by atoms with van der Waals surface area (Å²) in [7, 11) is 0. The molecule has 0 unspecified atom stereocenters. The molecule has 1 aliphatic rings. The molecule has 7 nitrogen and oxygen atoms in total. The molecule has 1 aromatic heterocycles. The van der Waals surface area contributed by atoms with Crippen LogP contribution in [0, 0.1) is 6.92 Å². The second-order valence-corrected chi connectivity index (χ2v) is 8.41. The monoisotopic (exact) mass is 449 g/mol. The van der Waals surface area contributed by atoms with Crippen molar-refractivity contribution in [1.82, 2.24) is 15.2 Å². The third-order valence-corrected chi connectivity index (χ3v) is 6.06. The van der Waals surface area contributed by atoms with Crippen LogP contribution in [0.1, 0.15) is 36.6 Å². The van der Waals surface area contributed by atoms with Crippen LogP contribution in [0.2, 0.25) is 0 Å². The summed E-state index contributed by atoms with van der Waals surface area (Å²) in [6.07, 6.45) is 1.48. The van der Waals surface area contributed by atoms with Gasteiger partial charge in [0.15, 0.2) is 0 Å². The van der Waals surface area contributed by atoms with Gasteiger partial charge in [-0.05, 0) is 56.0 Å². The quantitative estimate of drug-likeness (QED) is 0.562. The summed E-state index contributed by atoms with van der Waals surface area (Å²) in [5.74, 6) is 0.766. The molecule has 2 heterocycles. The van der Waals surface area contributed by atoms with Crippen LogP contribution in [0.25, 0.3) is 10.9 Å². The molecule has 174 valence electrons. The van der Waals surface area contributed by atoms with Crippen molar-refractivity contribution < 1.29 is 19.1 Å². The molecule has 0 radical (unpaired) electrons. The number of piperidine rings is 1. The largest absolute Gasteiger partial charge is 0.489 e. The maximum Gasteiger partial charge on any atom is 0.409 e. The first-order valence-corrected chi connectivity index (χ1v) is 11.5. The minimum absolute atomic E-state index is 0.0100. The lowest BCUT2D eigenvalue weighted by Crippen LogP contribution is -2.47. The summed E-state index contributed by atoms with van der Waals surface area (Å²) < 4.78 is 11.0.